The standard InChI is InChI=1S/C13H14N2O2/c1-2-10-12(16)15-11(13(17)14-10)8-9-6-4-3-5-7-9/h2-7,11H,8H2,1H3,(H,14,17)(H,15,16). The first-order valence-corrected chi connectivity index (χ1v) is 5.52. The van der Waals surface area contributed by atoms with Crippen molar-refractivity contribution >= 4 is 11.8 Å². The van der Waals surface area contributed by atoms with Crippen LogP contribution in [0.2, 0.25) is 0 Å². The number of carbonyl (C=O) groups excluding carboxylic acids is 2. The third kappa shape index (κ3) is 2.53. The molecule has 0 radical (unpaired) electrons. The SMILES string of the molecule is CC=C1NC(=O)C(Cc2ccccc2)NC1=O. The van der Waals surface area contributed by atoms with Crippen molar-refractivity contribution in [3.63, 3.8) is 0 Å². The first-order valence-electron chi connectivity index (χ1n) is 5.52. The van der Waals surface area contributed by atoms with Crippen molar-refractivity contribution in [1.82, 2.24) is 10.6 Å². The number of carbonyl (C=O) groups is 2. The van der Waals surface area contributed by atoms with Gasteiger partial charge in [0.15, 0.2) is 0 Å². The molecule has 0 aliphatic carbocycles. The topological polar surface area (TPSA) is 58.2 Å². The summed E-state index contributed by atoms with van der Waals surface area (Å²) in [6, 6.07) is 9.12. The second kappa shape index (κ2) is 4.82. The Balaban J connectivity index is 2.09. The Morgan fingerprint density at radius 3 is 2.59 bits per heavy atom. The monoisotopic (exact) mass is 230 g/mol. The van der Waals surface area contributed by atoms with E-state index in [1.165, 1.54) is 0 Å². The summed E-state index contributed by atoms with van der Waals surface area (Å²) in [7, 11) is 0. The number of hydrogen-bond donors (Lipinski definition) is 2. The summed E-state index contributed by atoms with van der Waals surface area (Å²) in [4.78, 5) is 23.3. The van der Waals surface area contributed by atoms with Gasteiger partial charge in [0.2, 0.25) is 5.91 Å². The Labute approximate surface area is 99.7 Å². The number of hydrogen-bond acceptors (Lipinski definition) is 2. The molecule has 17 heavy (non-hydrogen) atoms. The Kier molecular flexibility index (Phi) is 3.23. The molecule has 1 heterocycles. The Bertz CT molecular complexity index is 466. The van der Waals surface area contributed by atoms with Gasteiger partial charge in [-0.1, -0.05) is 36.4 Å². The molecule has 1 aromatic carbocycles. The Morgan fingerprint density at radius 1 is 1.24 bits per heavy atom. The van der Waals surface area contributed by atoms with Crippen LogP contribution in [0.4, 0.5) is 0 Å². The van der Waals surface area contributed by atoms with Crippen LogP contribution in [0.1, 0.15) is 12.5 Å². The minimum atomic E-state index is -0.492. The number of amides is 2. The van der Waals surface area contributed by atoms with Gasteiger partial charge in [-0.3, -0.25) is 9.59 Å². The van der Waals surface area contributed by atoms with E-state index in [4.69, 9.17) is 0 Å². The largest absolute Gasteiger partial charge is 0.339 e. The van der Waals surface area contributed by atoms with E-state index in [9.17, 15) is 9.59 Å². The molecule has 1 fully saturated rings. The van der Waals surface area contributed by atoms with Crippen LogP contribution in [-0.2, 0) is 16.0 Å². The molecule has 88 valence electrons. The highest BCUT2D eigenvalue weighted by Gasteiger charge is 2.28. The van der Waals surface area contributed by atoms with E-state index in [1.54, 1.807) is 13.0 Å². The molecule has 1 atom stereocenters. The van der Waals surface area contributed by atoms with E-state index in [0.717, 1.165) is 5.56 Å². The lowest BCUT2D eigenvalue weighted by Gasteiger charge is -2.24. The van der Waals surface area contributed by atoms with Gasteiger partial charge in [-0.05, 0) is 12.5 Å². The van der Waals surface area contributed by atoms with Crippen LogP contribution in [0.25, 0.3) is 0 Å². The molecule has 2 amide bonds. The molecule has 1 aliphatic rings. The lowest BCUT2D eigenvalue weighted by atomic mass is 10.0. The second-order valence-corrected chi connectivity index (χ2v) is 3.91. The van der Waals surface area contributed by atoms with Gasteiger partial charge in [0.25, 0.3) is 5.91 Å². The van der Waals surface area contributed by atoms with E-state index in [1.807, 2.05) is 30.3 Å². The highest BCUT2D eigenvalue weighted by atomic mass is 16.2. The van der Waals surface area contributed by atoms with Gasteiger partial charge >= 0.3 is 0 Å². The minimum absolute atomic E-state index is 0.165. The summed E-state index contributed by atoms with van der Waals surface area (Å²) in [6.07, 6.45) is 2.10. The molecule has 2 rings (SSSR count). The first-order chi connectivity index (χ1) is 8.20. The van der Waals surface area contributed by atoms with Crippen LogP contribution in [-0.4, -0.2) is 17.9 Å². The molecule has 4 nitrogen and oxygen atoms in total. The van der Waals surface area contributed by atoms with Gasteiger partial charge < -0.3 is 10.6 Å². The van der Waals surface area contributed by atoms with Gasteiger partial charge in [0.1, 0.15) is 11.7 Å². The summed E-state index contributed by atoms with van der Waals surface area (Å²) >= 11 is 0. The highest BCUT2D eigenvalue weighted by molar-refractivity contribution is 6.04. The molecular weight excluding hydrogens is 216 g/mol. The number of benzene rings is 1. The fourth-order valence-electron chi connectivity index (χ4n) is 1.77. The molecular formula is C13H14N2O2. The molecule has 0 saturated carbocycles. The van der Waals surface area contributed by atoms with E-state index in [2.05, 4.69) is 10.6 Å². The minimum Gasteiger partial charge on any atom is -0.339 e. The lowest BCUT2D eigenvalue weighted by molar-refractivity contribution is -0.131. The summed E-state index contributed by atoms with van der Waals surface area (Å²) in [5.74, 6) is -0.394. The van der Waals surface area contributed by atoms with Crippen molar-refractivity contribution in [2.45, 2.75) is 19.4 Å². The molecule has 0 bridgehead atoms. The van der Waals surface area contributed by atoms with Crippen molar-refractivity contribution in [2.24, 2.45) is 0 Å². The summed E-state index contributed by atoms with van der Waals surface area (Å²) in [6.45, 7) is 1.71. The first kappa shape index (κ1) is 11.4. The molecule has 1 aliphatic heterocycles. The number of rotatable bonds is 2. The predicted octanol–water partition coefficient (Wildman–Crippen LogP) is 0.747. The Hall–Kier alpha value is -2.10. The fourth-order valence-corrected chi connectivity index (χ4v) is 1.77. The normalized spacial score (nSPS) is 22.2. The molecule has 0 aromatic heterocycles. The smallest absolute Gasteiger partial charge is 0.268 e. The van der Waals surface area contributed by atoms with Crippen LogP contribution in [0.3, 0.4) is 0 Å². The van der Waals surface area contributed by atoms with Crippen LogP contribution < -0.4 is 10.6 Å². The van der Waals surface area contributed by atoms with Crippen LogP contribution in [0.15, 0.2) is 42.1 Å². The van der Waals surface area contributed by atoms with Crippen molar-refractivity contribution in [2.75, 3.05) is 0 Å². The fraction of sp³-hybridized carbons (Fsp3) is 0.231. The molecule has 1 aromatic rings. The maximum absolute atomic E-state index is 11.7. The van der Waals surface area contributed by atoms with Gasteiger partial charge in [0, 0.05) is 6.42 Å². The molecule has 1 saturated heterocycles. The van der Waals surface area contributed by atoms with Gasteiger partial charge in [0.05, 0.1) is 0 Å². The lowest BCUT2D eigenvalue weighted by Crippen LogP contribution is -2.55. The van der Waals surface area contributed by atoms with Crippen LogP contribution >= 0.6 is 0 Å². The third-order valence-electron chi connectivity index (χ3n) is 2.70. The molecule has 2 N–H and O–H groups in total. The quantitative estimate of drug-likeness (QED) is 0.736. The zero-order valence-corrected chi connectivity index (χ0v) is 9.57. The number of piperazine rings is 1. The average Bonchev–Trinajstić information content (AvgIpc) is 2.34. The van der Waals surface area contributed by atoms with Gasteiger partial charge in [-0.2, -0.15) is 0 Å². The van der Waals surface area contributed by atoms with Crippen molar-refractivity contribution in [3.05, 3.63) is 47.7 Å². The van der Waals surface area contributed by atoms with Gasteiger partial charge in [-0.15, -0.1) is 0 Å². The van der Waals surface area contributed by atoms with Crippen LogP contribution in [0.5, 0.6) is 0 Å². The average molecular weight is 230 g/mol. The summed E-state index contributed by atoms with van der Waals surface area (Å²) in [5.41, 5.74) is 1.34. The number of allylic oxidation sites excluding steroid dienone is 1. The summed E-state index contributed by atoms with van der Waals surface area (Å²) in [5, 5.41) is 5.29. The van der Waals surface area contributed by atoms with Crippen molar-refractivity contribution in [1.29, 1.82) is 0 Å². The zero-order chi connectivity index (χ0) is 12.3. The van der Waals surface area contributed by atoms with E-state index < -0.39 is 6.04 Å². The van der Waals surface area contributed by atoms with E-state index in [0.29, 0.717) is 12.1 Å². The van der Waals surface area contributed by atoms with Crippen molar-refractivity contribution in [3.8, 4) is 0 Å². The van der Waals surface area contributed by atoms with Crippen LogP contribution in [0, 0.1) is 0 Å². The van der Waals surface area contributed by atoms with Gasteiger partial charge in [-0.25, -0.2) is 0 Å². The summed E-state index contributed by atoms with van der Waals surface area (Å²) < 4.78 is 0. The molecule has 4 heteroatoms. The maximum atomic E-state index is 11.7. The van der Waals surface area contributed by atoms with E-state index >= 15 is 0 Å². The molecule has 1 unspecified atom stereocenters. The molecule has 0 spiro atoms. The zero-order valence-electron chi connectivity index (χ0n) is 9.57. The maximum Gasteiger partial charge on any atom is 0.268 e. The highest BCUT2D eigenvalue weighted by Crippen LogP contribution is 2.07. The predicted molar refractivity (Wildman–Crippen MR) is 64.0 cm³/mol. The second-order valence-electron chi connectivity index (χ2n) is 3.91. The Morgan fingerprint density at radius 2 is 1.94 bits per heavy atom. The third-order valence-corrected chi connectivity index (χ3v) is 2.70. The number of nitrogens with one attached hydrogen (secondary N) is 2. The van der Waals surface area contributed by atoms with E-state index in [-0.39, 0.29) is 11.8 Å². The van der Waals surface area contributed by atoms with Crippen molar-refractivity contribution < 1.29 is 9.59 Å².